The molecule has 0 saturated carbocycles. The summed E-state index contributed by atoms with van der Waals surface area (Å²) in [6, 6.07) is 7.18. The van der Waals surface area contributed by atoms with E-state index in [1.807, 2.05) is 24.3 Å². The monoisotopic (exact) mass is 264 g/mol. The Labute approximate surface area is 111 Å². The van der Waals surface area contributed by atoms with Crippen molar-refractivity contribution >= 4 is 12.0 Å². The number of nitrogens with one attached hydrogen (secondary N) is 1. The fraction of sp³-hybridized carbons (Fsp3) is 0.385. The fourth-order valence-corrected chi connectivity index (χ4v) is 1.87. The van der Waals surface area contributed by atoms with Crippen molar-refractivity contribution in [3.63, 3.8) is 0 Å². The lowest BCUT2D eigenvalue weighted by Crippen LogP contribution is -2.56. The van der Waals surface area contributed by atoms with Gasteiger partial charge in [-0.05, 0) is 17.7 Å². The number of hydrogen-bond acceptors (Lipinski definition) is 3. The number of carboxylic acids is 1. The molecular weight excluding hydrogens is 248 g/mol. The van der Waals surface area contributed by atoms with Crippen LogP contribution in [-0.2, 0) is 11.3 Å². The van der Waals surface area contributed by atoms with Gasteiger partial charge < -0.3 is 20.1 Å². The number of rotatable bonds is 4. The lowest BCUT2D eigenvalue weighted by molar-refractivity contribution is -0.146. The Bertz CT molecular complexity index is 483. The highest BCUT2D eigenvalue weighted by Gasteiger charge is 2.35. The summed E-state index contributed by atoms with van der Waals surface area (Å²) >= 11 is 0. The van der Waals surface area contributed by atoms with Gasteiger partial charge >= 0.3 is 12.0 Å². The molecule has 1 heterocycles. The number of aliphatic carboxylic acids is 1. The number of likely N-dealkylation sites (tertiary alicyclic amines) is 1. The minimum atomic E-state index is -0.850. The summed E-state index contributed by atoms with van der Waals surface area (Å²) in [5.74, 6) is -0.541. The Kier molecular flexibility index (Phi) is 3.89. The highest BCUT2D eigenvalue weighted by atomic mass is 16.5. The lowest BCUT2D eigenvalue weighted by Gasteiger charge is -2.36. The zero-order valence-corrected chi connectivity index (χ0v) is 10.6. The second-order valence-corrected chi connectivity index (χ2v) is 4.45. The van der Waals surface area contributed by atoms with Gasteiger partial charge in [0.25, 0.3) is 0 Å². The number of carbonyl (C=O) groups is 2. The van der Waals surface area contributed by atoms with Crippen LogP contribution in [0, 0.1) is 5.92 Å². The van der Waals surface area contributed by atoms with E-state index >= 15 is 0 Å². The van der Waals surface area contributed by atoms with Crippen molar-refractivity contribution in [3.8, 4) is 5.75 Å². The molecule has 1 aliphatic rings. The molecule has 0 aromatic heterocycles. The molecule has 2 rings (SSSR count). The van der Waals surface area contributed by atoms with E-state index in [4.69, 9.17) is 9.84 Å². The van der Waals surface area contributed by atoms with Crippen LogP contribution in [0.2, 0.25) is 0 Å². The molecule has 1 fully saturated rings. The van der Waals surface area contributed by atoms with Crippen LogP contribution in [0.15, 0.2) is 24.3 Å². The molecule has 1 aromatic carbocycles. The molecule has 0 spiro atoms. The summed E-state index contributed by atoms with van der Waals surface area (Å²) in [6.45, 7) is 0.947. The zero-order valence-electron chi connectivity index (χ0n) is 10.6. The molecule has 19 heavy (non-hydrogen) atoms. The first-order valence-corrected chi connectivity index (χ1v) is 5.98. The topological polar surface area (TPSA) is 78.9 Å². The number of ether oxygens (including phenoxy) is 1. The Morgan fingerprint density at radius 2 is 2.21 bits per heavy atom. The van der Waals surface area contributed by atoms with Gasteiger partial charge in [-0.2, -0.15) is 0 Å². The zero-order chi connectivity index (χ0) is 13.8. The van der Waals surface area contributed by atoms with Crippen LogP contribution in [0.4, 0.5) is 4.79 Å². The van der Waals surface area contributed by atoms with E-state index in [0.29, 0.717) is 6.54 Å². The summed E-state index contributed by atoms with van der Waals surface area (Å²) in [5, 5.41) is 11.5. The number of methoxy groups -OCH3 is 1. The Morgan fingerprint density at radius 3 is 2.84 bits per heavy atom. The van der Waals surface area contributed by atoms with E-state index < -0.39 is 11.9 Å². The molecule has 0 radical (unpaired) electrons. The molecule has 6 heteroatoms. The van der Waals surface area contributed by atoms with Crippen LogP contribution >= 0.6 is 0 Å². The largest absolute Gasteiger partial charge is 0.497 e. The summed E-state index contributed by atoms with van der Waals surface area (Å²) in [4.78, 5) is 23.8. The summed E-state index contributed by atoms with van der Waals surface area (Å²) in [5.41, 5.74) is 0.933. The van der Waals surface area contributed by atoms with Crippen LogP contribution in [0.3, 0.4) is 0 Å². The molecular formula is C13H16N2O4. The number of urea groups is 1. The maximum atomic E-state index is 11.7. The predicted octanol–water partition coefficient (Wildman–Crippen LogP) is 0.921. The van der Waals surface area contributed by atoms with E-state index in [1.165, 1.54) is 4.90 Å². The van der Waals surface area contributed by atoms with Gasteiger partial charge in [0, 0.05) is 19.6 Å². The van der Waals surface area contributed by atoms with Crippen LogP contribution in [0.25, 0.3) is 0 Å². The summed E-state index contributed by atoms with van der Waals surface area (Å²) < 4.78 is 5.09. The van der Waals surface area contributed by atoms with E-state index in [2.05, 4.69) is 5.32 Å². The molecule has 6 nitrogen and oxygen atoms in total. The van der Waals surface area contributed by atoms with E-state index in [9.17, 15) is 9.59 Å². The maximum absolute atomic E-state index is 11.7. The standard InChI is InChI=1S/C13H16N2O4/c1-19-11-4-2-3-9(5-11)6-14-13(18)15-7-10(8-15)12(16)17/h2-5,10H,6-8H2,1H3,(H,14,18)(H,16,17). The fourth-order valence-electron chi connectivity index (χ4n) is 1.87. The van der Waals surface area contributed by atoms with Gasteiger partial charge in [-0.25, -0.2) is 4.79 Å². The number of hydrogen-bond donors (Lipinski definition) is 2. The quantitative estimate of drug-likeness (QED) is 0.847. The van der Waals surface area contributed by atoms with Crippen molar-refractivity contribution < 1.29 is 19.4 Å². The molecule has 0 aliphatic carbocycles. The molecule has 1 aliphatic heterocycles. The third kappa shape index (κ3) is 3.15. The highest BCUT2D eigenvalue weighted by Crippen LogP contribution is 2.16. The third-order valence-electron chi connectivity index (χ3n) is 3.10. The first-order chi connectivity index (χ1) is 9.10. The second kappa shape index (κ2) is 5.60. The normalized spacial score (nSPS) is 14.7. The third-order valence-corrected chi connectivity index (χ3v) is 3.10. The van der Waals surface area contributed by atoms with Gasteiger partial charge in [0.1, 0.15) is 5.75 Å². The summed E-state index contributed by atoms with van der Waals surface area (Å²) in [6.07, 6.45) is 0. The molecule has 2 N–H and O–H groups in total. The SMILES string of the molecule is COc1cccc(CNC(=O)N2CC(C(=O)O)C2)c1. The van der Waals surface area contributed by atoms with Gasteiger partial charge in [0.05, 0.1) is 13.0 Å². The smallest absolute Gasteiger partial charge is 0.317 e. The van der Waals surface area contributed by atoms with Crippen molar-refractivity contribution in [2.24, 2.45) is 5.92 Å². The van der Waals surface area contributed by atoms with E-state index in [0.717, 1.165) is 11.3 Å². The molecule has 0 bridgehead atoms. The maximum Gasteiger partial charge on any atom is 0.317 e. The second-order valence-electron chi connectivity index (χ2n) is 4.45. The number of amides is 2. The van der Waals surface area contributed by atoms with E-state index in [-0.39, 0.29) is 19.1 Å². The van der Waals surface area contributed by atoms with Crippen molar-refractivity contribution in [1.29, 1.82) is 0 Å². The Hall–Kier alpha value is -2.24. The summed E-state index contributed by atoms with van der Waals surface area (Å²) in [7, 11) is 1.59. The average Bonchev–Trinajstić information content (AvgIpc) is 2.34. The van der Waals surface area contributed by atoms with Crippen molar-refractivity contribution in [3.05, 3.63) is 29.8 Å². The molecule has 1 saturated heterocycles. The number of carboxylic acid groups (broad SMARTS) is 1. The number of benzene rings is 1. The van der Waals surface area contributed by atoms with Gasteiger partial charge in [-0.15, -0.1) is 0 Å². The Balaban J connectivity index is 1.79. The number of carbonyl (C=O) groups excluding carboxylic acids is 1. The molecule has 2 amide bonds. The molecule has 102 valence electrons. The molecule has 1 aromatic rings. The van der Waals surface area contributed by atoms with E-state index in [1.54, 1.807) is 7.11 Å². The van der Waals surface area contributed by atoms with Crippen molar-refractivity contribution in [2.75, 3.05) is 20.2 Å². The van der Waals surface area contributed by atoms with Crippen LogP contribution < -0.4 is 10.1 Å². The first kappa shape index (κ1) is 13.2. The minimum Gasteiger partial charge on any atom is -0.497 e. The van der Waals surface area contributed by atoms with Crippen LogP contribution in [0.1, 0.15) is 5.56 Å². The highest BCUT2D eigenvalue weighted by molar-refractivity contribution is 5.79. The minimum absolute atomic E-state index is 0.236. The Morgan fingerprint density at radius 1 is 1.47 bits per heavy atom. The number of nitrogens with zero attached hydrogens (tertiary/aromatic N) is 1. The lowest BCUT2D eigenvalue weighted by atomic mass is 10.0. The van der Waals surface area contributed by atoms with Gasteiger partial charge in [-0.3, -0.25) is 4.79 Å². The molecule has 0 unspecified atom stereocenters. The van der Waals surface area contributed by atoms with Gasteiger partial charge in [-0.1, -0.05) is 12.1 Å². The van der Waals surface area contributed by atoms with Crippen molar-refractivity contribution in [2.45, 2.75) is 6.54 Å². The van der Waals surface area contributed by atoms with Gasteiger partial charge in [0.15, 0.2) is 0 Å². The van der Waals surface area contributed by atoms with Gasteiger partial charge in [0.2, 0.25) is 0 Å². The van der Waals surface area contributed by atoms with Crippen LogP contribution in [0.5, 0.6) is 5.75 Å². The average molecular weight is 264 g/mol. The molecule has 0 atom stereocenters. The predicted molar refractivity (Wildman–Crippen MR) is 67.9 cm³/mol. The first-order valence-electron chi connectivity index (χ1n) is 5.98. The van der Waals surface area contributed by atoms with Crippen LogP contribution in [-0.4, -0.2) is 42.2 Å². The van der Waals surface area contributed by atoms with Crippen molar-refractivity contribution in [1.82, 2.24) is 10.2 Å².